The topological polar surface area (TPSA) is 66.9 Å². The van der Waals surface area contributed by atoms with Gasteiger partial charge in [0.05, 0.1) is 5.57 Å². The fraction of sp³-hybridized carbons (Fsp3) is 0.250. The second-order valence-corrected chi connectivity index (χ2v) is 9.11. The summed E-state index contributed by atoms with van der Waals surface area (Å²) < 4.78 is 46.2. The van der Waals surface area contributed by atoms with Crippen LogP contribution in [0, 0.1) is 5.82 Å². The van der Waals surface area contributed by atoms with E-state index in [1.807, 2.05) is 0 Å². The van der Waals surface area contributed by atoms with Gasteiger partial charge in [0, 0.05) is 36.8 Å². The van der Waals surface area contributed by atoms with Crippen molar-refractivity contribution in [3.63, 3.8) is 0 Å². The van der Waals surface area contributed by atoms with Crippen LogP contribution in [0.25, 0.3) is 6.08 Å². The number of ether oxygens (including phenoxy) is 1. The van der Waals surface area contributed by atoms with E-state index in [2.05, 4.69) is 0 Å². The summed E-state index contributed by atoms with van der Waals surface area (Å²) in [6.07, 6.45) is 1.75. The number of fused-ring (bicyclic) bond motifs is 1. The minimum atomic E-state index is -3.95. The predicted octanol–water partition coefficient (Wildman–Crippen LogP) is 2.79. The van der Waals surface area contributed by atoms with Crippen molar-refractivity contribution in [3.05, 3.63) is 64.4 Å². The maximum atomic E-state index is 13.9. The number of nitrogens with zero attached hydrogens (tertiary/aromatic N) is 2. The zero-order valence-corrected chi connectivity index (χ0v) is 16.9. The summed E-state index contributed by atoms with van der Waals surface area (Å²) in [5.41, 5.74) is 1.21. The molecule has 1 amide bonds. The molecule has 9 heteroatoms. The molecule has 0 unspecified atom stereocenters. The van der Waals surface area contributed by atoms with Crippen LogP contribution in [-0.4, -0.2) is 56.3 Å². The van der Waals surface area contributed by atoms with Crippen molar-refractivity contribution in [2.45, 2.75) is 4.90 Å². The number of hydrogen-bond acceptors (Lipinski definition) is 4. The lowest BCUT2D eigenvalue weighted by Crippen LogP contribution is -2.51. The lowest BCUT2D eigenvalue weighted by Gasteiger charge is -2.34. The summed E-state index contributed by atoms with van der Waals surface area (Å²) in [5.74, 6) is -0.335. The van der Waals surface area contributed by atoms with E-state index in [0.717, 1.165) is 11.6 Å². The van der Waals surface area contributed by atoms with Crippen LogP contribution in [0.3, 0.4) is 0 Å². The maximum absolute atomic E-state index is 13.9. The number of sulfonamides is 1. The molecule has 0 bridgehead atoms. The van der Waals surface area contributed by atoms with Gasteiger partial charge in [-0.15, -0.1) is 0 Å². The Morgan fingerprint density at radius 1 is 1.07 bits per heavy atom. The first kappa shape index (κ1) is 19.9. The van der Waals surface area contributed by atoms with E-state index in [1.165, 1.54) is 22.5 Å². The third kappa shape index (κ3) is 3.88. The Bertz CT molecular complexity index is 1100. The third-order valence-corrected chi connectivity index (χ3v) is 7.11. The number of amides is 1. The lowest BCUT2D eigenvalue weighted by atomic mass is 10.1. The molecule has 2 aromatic rings. The van der Waals surface area contributed by atoms with Gasteiger partial charge in [-0.3, -0.25) is 4.79 Å². The third-order valence-electron chi connectivity index (χ3n) is 4.94. The standard InChI is InChI=1S/C20H18ClFN2O4S/c21-16-5-6-18-14(12-16)11-15(13-28-18)20(25)23-7-9-24(10-8-23)29(26,27)19-4-2-1-3-17(19)22/h1-6,11-12H,7-10,13H2. The first-order valence-electron chi connectivity index (χ1n) is 9.03. The zero-order valence-electron chi connectivity index (χ0n) is 15.3. The summed E-state index contributed by atoms with van der Waals surface area (Å²) in [6, 6.07) is 10.5. The average molecular weight is 437 g/mol. The van der Waals surface area contributed by atoms with E-state index >= 15 is 0 Å². The van der Waals surface area contributed by atoms with Gasteiger partial charge in [0.15, 0.2) is 0 Å². The molecule has 0 atom stereocenters. The fourth-order valence-corrected chi connectivity index (χ4v) is 5.07. The molecule has 0 aliphatic carbocycles. The van der Waals surface area contributed by atoms with Gasteiger partial charge in [-0.1, -0.05) is 23.7 Å². The molecule has 4 rings (SSSR count). The quantitative estimate of drug-likeness (QED) is 0.742. The van der Waals surface area contributed by atoms with Gasteiger partial charge < -0.3 is 9.64 Å². The second-order valence-electron chi connectivity index (χ2n) is 6.77. The molecule has 29 heavy (non-hydrogen) atoms. The van der Waals surface area contributed by atoms with E-state index in [0.29, 0.717) is 16.3 Å². The molecule has 6 nitrogen and oxygen atoms in total. The molecule has 2 aromatic carbocycles. The number of carbonyl (C=O) groups excluding carboxylic acids is 1. The monoisotopic (exact) mass is 436 g/mol. The van der Waals surface area contributed by atoms with E-state index < -0.39 is 15.8 Å². The molecule has 0 N–H and O–H groups in total. The number of halogens is 2. The molecule has 2 heterocycles. The minimum absolute atomic E-state index is 0.0962. The van der Waals surface area contributed by atoms with Crippen molar-refractivity contribution in [1.82, 2.24) is 9.21 Å². The van der Waals surface area contributed by atoms with E-state index in [9.17, 15) is 17.6 Å². The molecule has 1 fully saturated rings. The van der Waals surface area contributed by atoms with Gasteiger partial charge in [0.1, 0.15) is 23.1 Å². The predicted molar refractivity (Wildman–Crippen MR) is 107 cm³/mol. The summed E-state index contributed by atoms with van der Waals surface area (Å²) in [7, 11) is -3.95. The van der Waals surface area contributed by atoms with Crippen LogP contribution in [0.5, 0.6) is 5.75 Å². The van der Waals surface area contributed by atoms with E-state index in [1.54, 1.807) is 29.2 Å². The van der Waals surface area contributed by atoms with Crippen LogP contribution in [0.15, 0.2) is 52.9 Å². The van der Waals surface area contributed by atoms with Crippen molar-refractivity contribution in [1.29, 1.82) is 0 Å². The largest absolute Gasteiger partial charge is 0.488 e. The van der Waals surface area contributed by atoms with Crippen molar-refractivity contribution < 1.29 is 22.3 Å². The normalized spacial score (nSPS) is 17.3. The second kappa shape index (κ2) is 7.78. The SMILES string of the molecule is O=C(C1=Cc2cc(Cl)ccc2OC1)N1CCN(S(=O)(=O)c2ccccc2F)CC1. The minimum Gasteiger partial charge on any atom is -0.488 e. The lowest BCUT2D eigenvalue weighted by molar-refractivity contribution is -0.128. The molecule has 2 aliphatic heterocycles. The van der Waals surface area contributed by atoms with Gasteiger partial charge in [-0.25, -0.2) is 12.8 Å². The number of rotatable bonds is 3. The molecule has 0 saturated carbocycles. The highest BCUT2D eigenvalue weighted by Crippen LogP contribution is 2.30. The Kier molecular flexibility index (Phi) is 5.33. The average Bonchev–Trinajstić information content (AvgIpc) is 2.73. The Balaban J connectivity index is 1.46. The molecule has 152 valence electrons. The van der Waals surface area contributed by atoms with Crippen LogP contribution in [0.4, 0.5) is 4.39 Å². The Labute approximate surface area is 173 Å². The zero-order chi connectivity index (χ0) is 20.6. The molecular weight excluding hydrogens is 419 g/mol. The molecular formula is C20H18ClFN2O4S. The fourth-order valence-electron chi connectivity index (χ4n) is 3.40. The Hall–Kier alpha value is -2.42. The van der Waals surface area contributed by atoms with Crippen LogP contribution in [0.2, 0.25) is 5.02 Å². The van der Waals surface area contributed by atoms with Crippen LogP contribution < -0.4 is 4.74 Å². The smallest absolute Gasteiger partial charge is 0.253 e. The highest BCUT2D eigenvalue weighted by Gasteiger charge is 2.33. The van der Waals surface area contributed by atoms with Gasteiger partial charge in [0.2, 0.25) is 10.0 Å². The molecule has 0 radical (unpaired) electrons. The summed E-state index contributed by atoms with van der Waals surface area (Å²) in [5, 5.41) is 0.546. The van der Waals surface area contributed by atoms with Crippen LogP contribution in [0.1, 0.15) is 5.56 Å². The molecule has 0 spiro atoms. The first-order valence-corrected chi connectivity index (χ1v) is 10.8. The van der Waals surface area contributed by atoms with E-state index in [-0.39, 0.29) is 43.6 Å². The van der Waals surface area contributed by atoms with Crippen molar-refractivity contribution in [3.8, 4) is 5.75 Å². The van der Waals surface area contributed by atoms with Gasteiger partial charge in [-0.05, 0) is 36.4 Å². The Morgan fingerprint density at radius 2 is 1.79 bits per heavy atom. The number of benzene rings is 2. The summed E-state index contributed by atoms with van der Waals surface area (Å²) in [4.78, 5) is 14.1. The van der Waals surface area contributed by atoms with Crippen LogP contribution in [-0.2, 0) is 14.8 Å². The summed E-state index contributed by atoms with van der Waals surface area (Å²) in [6.45, 7) is 0.762. The van der Waals surface area contributed by atoms with Crippen molar-refractivity contribution >= 4 is 33.6 Å². The maximum Gasteiger partial charge on any atom is 0.253 e. The molecule has 0 aromatic heterocycles. The molecule has 2 aliphatic rings. The first-order chi connectivity index (χ1) is 13.9. The molecule has 1 saturated heterocycles. The van der Waals surface area contributed by atoms with E-state index in [4.69, 9.17) is 16.3 Å². The summed E-state index contributed by atoms with van der Waals surface area (Å²) >= 11 is 6.00. The highest BCUT2D eigenvalue weighted by atomic mass is 35.5. The number of hydrogen-bond donors (Lipinski definition) is 0. The van der Waals surface area contributed by atoms with Crippen molar-refractivity contribution in [2.24, 2.45) is 0 Å². The van der Waals surface area contributed by atoms with Gasteiger partial charge >= 0.3 is 0 Å². The number of piperazine rings is 1. The van der Waals surface area contributed by atoms with Crippen molar-refractivity contribution in [2.75, 3.05) is 32.8 Å². The highest BCUT2D eigenvalue weighted by molar-refractivity contribution is 7.89. The van der Waals surface area contributed by atoms with Gasteiger partial charge in [0.25, 0.3) is 5.91 Å². The Morgan fingerprint density at radius 3 is 2.52 bits per heavy atom. The number of carbonyl (C=O) groups is 1. The van der Waals surface area contributed by atoms with Crippen LogP contribution >= 0.6 is 11.6 Å². The van der Waals surface area contributed by atoms with Gasteiger partial charge in [-0.2, -0.15) is 4.31 Å².